The van der Waals surface area contributed by atoms with Crippen LogP contribution in [0.2, 0.25) is 15.2 Å². The smallest absolute Gasteiger partial charge is 0.271 e. The second-order valence-electron chi connectivity index (χ2n) is 4.29. The van der Waals surface area contributed by atoms with E-state index in [1.165, 1.54) is 6.20 Å². The van der Waals surface area contributed by atoms with Crippen LogP contribution in [0.25, 0.3) is 0 Å². The first-order chi connectivity index (χ1) is 9.88. The Kier molecular flexibility index (Phi) is 4.88. The van der Waals surface area contributed by atoms with Gasteiger partial charge >= 0.3 is 0 Å². The van der Waals surface area contributed by atoms with Crippen molar-refractivity contribution >= 4 is 46.5 Å². The van der Waals surface area contributed by atoms with Crippen molar-refractivity contribution in [1.82, 2.24) is 9.97 Å². The van der Waals surface area contributed by atoms with Crippen molar-refractivity contribution in [3.8, 4) is 0 Å². The zero-order valence-corrected chi connectivity index (χ0v) is 13.2. The van der Waals surface area contributed by atoms with Gasteiger partial charge in [0.25, 0.3) is 5.91 Å². The van der Waals surface area contributed by atoms with E-state index < -0.39 is 5.91 Å². The fourth-order valence-corrected chi connectivity index (χ4v) is 2.49. The van der Waals surface area contributed by atoms with Crippen LogP contribution in [0.3, 0.4) is 0 Å². The number of rotatable bonds is 4. The highest BCUT2D eigenvalue weighted by Crippen LogP contribution is 2.28. The van der Waals surface area contributed by atoms with E-state index in [1.807, 2.05) is 6.92 Å². The van der Waals surface area contributed by atoms with Gasteiger partial charge in [0.1, 0.15) is 5.15 Å². The highest BCUT2D eigenvalue weighted by atomic mass is 35.5. The Hall–Kier alpha value is -1.56. The topological polar surface area (TPSA) is 80.9 Å². The fourth-order valence-electron chi connectivity index (χ4n) is 1.78. The summed E-state index contributed by atoms with van der Waals surface area (Å²) in [7, 11) is 0. The lowest BCUT2D eigenvalue weighted by Crippen LogP contribution is -2.19. The van der Waals surface area contributed by atoms with E-state index in [4.69, 9.17) is 40.5 Å². The molecule has 0 fully saturated rings. The van der Waals surface area contributed by atoms with Crippen LogP contribution >= 0.6 is 34.8 Å². The predicted octanol–water partition coefficient (Wildman–Crippen LogP) is 3.71. The van der Waals surface area contributed by atoms with Gasteiger partial charge in [0, 0.05) is 10.0 Å². The molecule has 3 N–H and O–H groups in total. The van der Waals surface area contributed by atoms with Crippen LogP contribution in [0.15, 0.2) is 24.4 Å². The van der Waals surface area contributed by atoms with Gasteiger partial charge in [0.2, 0.25) is 0 Å². The summed E-state index contributed by atoms with van der Waals surface area (Å²) < 4.78 is 0. The summed E-state index contributed by atoms with van der Waals surface area (Å²) in [5.74, 6) is -0.496. The van der Waals surface area contributed by atoms with E-state index in [0.717, 1.165) is 5.56 Å². The number of halogens is 3. The Morgan fingerprint density at radius 1 is 1.33 bits per heavy atom. The minimum absolute atomic E-state index is 0.0105. The maximum atomic E-state index is 11.4. The number of hydrogen-bond acceptors (Lipinski definition) is 4. The number of nitrogens with zero attached hydrogens (tertiary/aromatic N) is 2. The van der Waals surface area contributed by atoms with E-state index in [9.17, 15) is 4.79 Å². The standard InChI is InChI=1S/C13H11Cl3N4O/c1-6(8-3-2-7(14)4-9(8)15)19-13-11(12(17)21)18-5-10(16)20-13/h2-6H,1H3,(H2,17,21)(H,19,20)/t6-/m1/s1. The third kappa shape index (κ3) is 3.75. The molecule has 21 heavy (non-hydrogen) atoms. The van der Waals surface area contributed by atoms with Crippen LogP contribution in [0.5, 0.6) is 0 Å². The lowest BCUT2D eigenvalue weighted by Gasteiger charge is -2.17. The molecule has 0 bridgehead atoms. The Balaban J connectivity index is 2.33. The predicted molar refractivity (Wildman–Crippen MR) is 84.1 cm³/mol. The maximum Gasteiger partial charge on any atom is 0.271 e. The van der Waals surface area contributed by atoms with Crippen molar-refractivity contribution in [3.63, 3.8) is 0 Å². The number of amides is 1. The summed E-state index contributed by atoms with van der Waals surface area (Å²) in [6.45, 7) is 1.85. The summed E-state index contributed by atoms with van der Waals surface area (Å²) in [6.07, 6.45) is 1.26. The molecule has 1 aromatic heterocycles. The van der Waals surface area contributed by atoms with Gasteiger partial charge in [-0.3, -0.25) is 4.79 Å². The van der Waals surface area contributed by atoms with Gasteiger partial charge in [-0.2, -0.15) is 0 Å². The summed E-state index contributed by atoms with van der Waals surface area (Å²) >= 11 is 17.8. The number of carbonyl (C=O) groups is 1. The van der Waals surface area contributed by atoms with E-state index in [0.29, 0.717) is 10.0 Å². The first-order valence-corrected chi connectivity index (χ1v) is 7.05. The van der Waals surface area contributed by atoms with Gasteiger partial charge in [-0.15, -0.1) is 0 Å². The van der Waals surface area contributed by atoms with Crippen LogP contribution in [0.1, 0.15) is 29.0 Å². The molecule has 0 aliphatic carbocycles. The third-order valence-corrected chi connectivity index (χ3v) is 3.50. The molecule has 0 radical (unpaired) electrons. The number of aromatic nitrogens is 2. The van der Waals surface area contributed by atoms with Crippen molar-refractivity contribution < 1.29 is 4.79 Å². The average molecular weight is 346 g/mol. The normalized spacial score (nSPS) is 12.0. The molecule has 0 unspecified atom stereocenters. The summed E-state index contributed by atoms with van der Waals surface area (Å²) in [5, 5.41) is 4.21. The molecule has 1 amide bonds. The lowest BCUT2D eigenvalue weighted by molar-refractivity contribution is 0.0996. The number of primary amides is 1. The van der Waals surface area contributed by atoms with Gasteiger partial charge in [-0.25, -0.2) is 9.97 Å². The van der Waals surface area contributed by atoms with E-state index in [-0.39, 0.29) is 22.7 Å². The second-order valence-corrected chi connectivity index (χ2v) is 5.52. The Morgan fingerprint density at radius 3 is 2.67 bits per heavy atom. The average Bonchev–Trinajstić information content (AvgIpc) is 2.37. The van der Waals surface area contributed by atoms with Crippen molar-refractivity contribution in [2.45, 2.75) is 13.0 Å². The zero-order valence-electron chi connectivity index (χ0n) is 10.9. The van der Waals surface area contributed by atoms with E-state index in [2.05, 4.69) is 15.3 Å². The zero-order chi connectivity index (χ0) is 15.6. The first-order valence-electron chi connectivity index (χ1n) is 5.92. The SMILES string of the molecule is C[C@@H](Nc1nc(Cl)cnc1C(N)=O)c1ccc(Cl)cc1Cl. The summed E-state index contributed by atoms with van der Waals surface area (Å²) in [4.78, 5) is 19.3. The molecule has 0 spiro atoms. The molecule has 0 aliphatic heterocycles. The van der Waals surface area contributed by atoms with Crippen molar-refractivity contribution in [2.75, 3.05) is 5.32 Å². The molecular formula is C13H11Cl3N4O. The number of hydrogen-bond donors (Lipinski definition) is 2. The monoisotopic (exact) mass is 344 g/mol. The van der Waals surface area contributed by atoms with Crippen molar-refractivity contribution in [3.05, 3.63) is 50.9 Å². The van der Waals surface area contributed by atoms with Crippen molar-refractivity contribution in [1.29, 1.82) is 0 Å². The minimum atomic E-state index is -0.698. The highest BCUT2D eigenvalue weighted by Gasteiger charge is 2.17. The second kappa shape index (κ2) is 6.47. The number of benzene rings is 1. The molecule has 0 saturated heterocycles. The van der Waals surface area contributed by atoms with Crippen LogP contribution in [0, 0.1) is 0 Å². The van der Waals surface area contributed by atoms with Crippen LogP contribution in [0.4, 0.5) is 5.82 Å². The van der Waals surface area contributed by atoms with E-state index >= 15 is 0 Å². The molecule has 8 heteroatoms. The molecular weight excluding hydrogens is 335 g/mol. The van der Waals surface area contributed by atoms with Gasteiger partial charge in [-0.1, -0.05) is 40.9 Å². The molecule has 1 heterocycles. The van der Waals surface area contributed by atoms with Crippen molar-refractivity contribution in [2.24, 2.45) is 5.73 Å². The molecule has 5 nitrogen and oxygen atoms in total. The van der Waals surface area contributed by atoms with Crippen LogP contribution in [-0.4, -0.2) is 15.9 Å². The molecule has 0 aliphatic rings. The summed E-state index contributed by atoms with van der Waals surface area (Å²) in [5.41, 5.74) is 6.06. The van der Waals surface area contributed by atoms with Gasteiger partial charge < -0.3 is 11.1 Å². The molecule has 2 rings (SSSR count). The van der Waals surface area contributed by atoms with Gasteiger partial charge in [-0.05, 0) is 24.6 Å². The van der Waals surface area contributed by atoms with Crippen LogP contribution < -0.4 is 11.1 Å². The van der Waals surface area contributed by atoms with Gasteiger partial charge in [0.15, 0.2) is 11.5 Å². The number of nitrogens with one attached hydrogen (secondary N) is 1. The molecule has 110 valence electrons. The molecule has 0 saturated carbocycles. The Bertz CT molecular complexity index is 693. The fraction of sp³-hybridized carbons (Fsp3) is 0.154. The largest absolute Gasteiger partial charge is 0.364 e. The van der Waals surface area contributed by atoms with Gasteiger partial charge in [0.05, 0.1) is 12.2 Å². The maximum absolute atomic E-state index is 11.4. The Labute approximate surface area is 136 Å². The molecule has 1 aromatic carbocycles. The summed E-state index contributed by atoms with van der Waals surface area (Å²) in [6, 6.07) is 4.89. The molecule has 2 aromatic rings. The highest BCUT2D eigenvalue weighted by molar-refractivity contribution is 6.35. The quantitative estimate of drug-likeness (QED) is 0.885. The lowest BCUT2D eigenvalue weighted by atomic mass is 10.1. The van der Waals surface area contributed by atoms with Crippen LogP contribution in [-0.2, 0) is 0 Å². The van der Waals surface area contributed by atoms with E-state index in [1.54, 1.807) is 18.2 Å². The third-order valence-electron chi connectivity index (χ3n) is 2.76. The molecule has 1 atom stereocenters. The number of anilines is 1. The minimum Gasteiger partial charge on any atom is -0.364 e. The Morgan fingerprint density at radius 2 is 2.05 bits per heavy atom. The first kappa shape index (κ1) is 15.8. The number of carbonyl (C=O) groups excluding carboxylic acids is 1. The number of nitrogens with two attached hydrogens (primary N) is 1.